The standard InChI is InChI=1S/C22H22FN3O3S/c1-3-29-22(28)19-16-6-4-5-7-18(16)30-20(19)24-12-17-13(2)25-26(21(17)27)15-10-8-14(23)9-11-15/h8-12,25H,3-7H2,1-2H3. The van der Waals surface area contributed by atoms with E-state index in [0.717, 1.165) is 31.2 Å². The van der Waals surface area contributed by atoms with Crippen LogP contribution in [0.2, 0.25) is 0 Å². The molecular weight excluding hydrogens is 405 g/mol. The number of carbonyl (C=O) groups is 1. The number of halogens is 1. The van der Waals surface area contributed by atoms with Gasteiger partial charge in [-0.2, -0.15) is 0 Å². The fourth-order valence-corrected chi connectivity index (χ4v) is 4.88. The maximum atomic E-state index is 13.2. The van der Waals surface area contributed by atoms with Gasteiger partial charge in [-0.1, -0.05) is 0 Å². The summed E-state index contributed by atoms with van der Waals surface area (Å²) in [6.45, 7) is 3.85. The molecule has 2 heterocycles. The largest absolute Gasteiger partial charge is 0.462 e. The van der Waals surface area contributed by atoms with Crippen LogP contribution in [0, 0.1) is 12.7 Å². The van der Waals surface area contributed by atoms with Crippen LogP contribution in [0.15, 0.2) is 34.1 Å². The van der Waals surface area contributed by atoms with Crippen molar-refractivity contribution in [1.29, 1.82) is 0 Å². The molecule has 8 heteroatoms. The van der Waals surface area contributed by atoms with Gasteiger partial charge in [-0.25, -0.2) is 18.9 Å². The summed E-state index contributed by atoms with van der Waals surface area (Å²) in [5.74, 6) is -0.733. The molecule has 0 fully saturated rings. The highest BCUT2D eigenvalue weighted by Crippen LogP contribution is 2.40. The summed E-state index contributed by atoms with van der Waals surface area (Å²) < 4.78 is 19.8. The molecule has 0 aliphatic heterocycles. The Hall–Kier alpha value is -3.00. The molecule has 0 saturated heterocycles. The van der Waals surface area contributed by atoms with Gasteiger partial charge in [0.05, 0.1) is 23.4 Å². The Labute approximate surface area is 177 Å². The van der Waals surface area contributed by atoms with Gasteiger partial charge in [0.15, 0.2) is 0 Å². The molecule has 1 aliphatic carbocycles. The topological polar surface area (TPSA) is 76.4 Å². The van der Waals surface area contributed by atoms with Gasteiger partial charge in [-0.3, -0.25) is 9.89 Å². The smallest absolute Gasteiger partial charge is 0.341 e. The number of H-pyrrole nitrogens is 1. The first kappa shape index (κ1) is 20.3. The van der Waals surface area contributed by atoms with E-state index in [1.54, 1.807) is 13.8 Å². The molecule has 0 bridgehead atoms. The molecule has 0 unspecified atom stereocenters. The lowest BCUT2D eigenvalue weighted by molar-refractivity contribution is 0.0526. The predicted molar refractivity (Wildman–Crippen MR) is 115 cm³/mol. The Morgan fingerprint density at radius 3 is 2.77 bits per heavy atom. The van der Waals surface area contributed by atoms with E-state index in [-0.39, 0.29) is 17.3 Å². The number of aryl methyl sites for hydroxylation is 2. The van der Waals surface area contributed by atoms with E-state index >= 15 is 0 Å². The molecule has 4 rings (SSSR count). The number of nitrogens with zero attached hydrogens (tertiary/aromatic N) is 2. The minimum atomic E-state index is -0.370. The van der Waals surface area contributed by atoms with Crippen LogP contribution < -0.4 is 5.56 Å². The number of aliphatic imine (C=N–C) groups is 1. The zero-order valence-electron chi connectivity index (χ0n) is 16.8. The van der Waals surface area contributed by atoms with Crippen LogP contribution in [-0.2, 0) is 17.6 Å². The molecule has 1 N–H and O–H groups in total. The third kappa shape index (κ3) is 3.75. The van der Waals surface area contributed by atoms with E-state index in [0.29, 0.717) is 34.1 Å². The fourth-order valence-electron chi connectivity index (χ4n) is 3.66. The van der Waals surface area contributed by atoms with E-state index in [4.69, 9.17) is 4.74 Å². The van der Waals surface area contributed by atoms with Crippen molar-refractivity contribution >= 4 is 28.5 Å². The van der Waals surface area contributed by atoms with Crippen LogP contribution in [0.1, 0.15) is 51.8 Å². The monoisotopic (exact) mass is 427 g/mol. The Morgan fingerprint density at radius 1 is 1.30 bits per heavy atom. The number of fused-ring (bicyclic) bond motifs is 1. The van der Waals surface area contributed by atoms with Gasteiger partial charge in [0.25, 0.3) is 5.56 Å². The second kappa shape index (κ2) is 8.39. The fraction of sp³-hybridized carbons (Fsp3) is 0.318. The lowest BCUT2D eigenvalue weighted by Gasteiger charge is -2.11. The number of aromatic nitrogens is 2. The van der Waals surface area contributed by atoms with Gasteiger partial charge in [0.2, 0.25) is 0 Å². The van der Waals surface area contributed by atoms with Crippen LogP contribution in [0.4, 0.5) is 9.39 Å². The van der Waals surface area contributed by atoms with E-state index in [9.17, 15) is 14.0 Å². The lowest BCUT2D eigenvalue weighted by atomic mass is 9.95. The summed E-state index contributed by atoms with van der Waals surface area (Å²) in [5.41, 5.74) is 2.82. The van der Waals surface area contributed by atoms with Crippen molar-refractivity contribution in [3.8, 4) is 5.69 Å². The minimum absolute atomic E-state index is 0.290. The number of hydrogen-bond donors (Lipinski definition) is 1. The molecule has 0 spiro atoms. The number of thiophene rings is 1. The number of esters is 1. The number of ether oxygens (including phenoxy) is 1. The van der Waals surface area contributed by atoms with E-state index in [2.05, 4.69) is 10.1 Å². The van der Waals surface area contributed by atoms with Crippen LogP contribution >= 0.6 is 11.3 Å². The van der Waals surface area contributed by atoms with Gasteiger partial charge in [0, 0.05) is 16.8 Å². The molecule has 3 aromatic rings. The number of hydrogen-bond acceptors (Lipinski definition) is 5. The first-order chi connectivity index (χ1) is 14.5. The average molecular weight is 428 g/mol. The summed E-state index contributed by atoms with van der Waals surface area (Å²) >= 11 is 1.49. The highest BCUT2D eigenvalue weighted by atomic mass is 32.1. The quantitative estimate of drug-likeness (QED) is 0.482. The van der Waals surface area contributed by atoms with Gasteiger partial charge in [-0.15, -0.1) is 11.3 Å². The highest BCUT2D eigenvalue weighted by Gasteiger charge is 2.26. The summed E-state index contributed by atoms with van der Waals surface area (Å²) in [6, 6.07) is 5.65. The zero-order chi connectivity index (χ0) is 21.3. The second-order valence-electron chi connectivity index (χ2n) is 7.14. The maximum absolute atomic E-state index is 13.2. The number of benzene rings is 1. The van der Waals surface area contributed by atoms with Crippen LogP contribution in [-0.4, -0.2) is 28.6 Å². The lowest BCUT2D eigenvalue weighted by Crippen LogP contribution is -2.17. The SMILES string of the molecule is CCOC(=O)c1c(N=Cc2c(C)[nH]n(-c3ccc(F)cc3)c2=O)sc2c1CCCC2. The molecule has 30 heavy (non-hydrogen) atoms. The molecule has 156 valence electrons. The molecule has 0 saturated carbocycles. The molecule has 1 aliphatic rings. The number of nitrogens with one attached hydrogen (secondary N) is 1. The maximum Gasteiger partial charge on any atom is 0.341 e. The van der Waals surface area contributed by atoms with Crippen molar-refractivity contribution < 1.29 is 13.9 Å². The van der Waals surface area contributed by atoms with Crippen LogP contribution in [0.5, 0.6) is 0 Å². The molecule has 6 nitrogen and oxygen atoms in total. The summed E-state index contributed by atoms with van der Waals surface area (Å²) in [7, 11) is 0. The predicted octanol–water partition coefficient (Wildman–Crippen LogP) is 4.48. The number of aromatic amines is 1. The van der Waals surface area contributed by atoms with Crippen molar-refractivity contribution in [3.63, 3.8) is 0 Å². The van der Waals surface area contributed by atoms with E-state index in [1.807, 2.05) is 0 Å². The summed E-state index contributed by atoms with van der Waals surface area (Å²) in [5, 5.41) is 3.57. The number of carbonyl (C=O) groups excluding carboxylic acids is 1. The van der Waals surface area contributed by atoms with Gasteiger partial charge < -0.3 is 4.74 Å². The molecule has 0 atom stereocenters. The van der Waals surface area contributed by atoms with Gasteiger partial charge in [-0.05, 0) is 69.4 Å². The van der Waals surface area contributed by atoms with Crippen molar-refractivity contribution in [2.45, 2.75) is 39.5 Å². The average Bonchev–Trinajstić information content (AvgIpc) is 3.24. The molecule has 1 aromatic carbocycles. The van der Waals surface area contributed by atoms with Gasteiger partial charge >= 0.3 is 5.97 Å². The summed E-state index contributed by atoms with van der Waals surface area (Å²) in [4.78, 5) is 31.1. The molecule has 0 radical (unpaired) electrons. The minimum Gasteiger partial charge on any atom is -0.462 e. The highest BCUT2D eigenvalue weighted by molar-refractivity contribution is 7.16. The van der Waals surface area contributed by atoms with Crippen LogP contribution in [0.3, 0.4) is 0 Å². The zero-order valence-corrected chi connectivity index (χ0v) is 17.6. The molecular formula is C22H22FN3O3S. The first-order valence-corrected chi connectivity index (χ1v) is 10.7. The first-order valence-electron chi connectivity index (χ1n) is 9.93. The Morgan fingerprint density at radius 2 is 2.03 bits per heavy atom. The third-order valence-electron chi connectivity index (χ3n) is 5.15. The second-order valence-corrected chi connectivity index (χ2v) is 8.22. The van der Waals surface area contributed by atoms with Crippen LogP contribution in [0.25, 0.3) is 5.69 Å². The Bertz CT molecular complexity index is 1170. The van der Waals surface area contributed by atoms with Crippen molar-refractivity contribution in [1.82, 2.24) is 9.78 Å². The van der Waals surface area contributed by atoms with E-state index < -0.39 is 0 Å². The van der Waals surface area contributed by atoms with Crippen molar-refractivity contribution in [2.24, 2.45) is 4.99 Å². The molecule has 2 aromatic heterocycles. The Kier molecular flexibility index (Phi) is 5.67. The summed E-state index contributed by atoms with van der Waals surface area (Å²) in [6.07, 6.45) is 5.41. The van der Waals surface area contributed by atoms with Crippen molar-refractivity contribution in [2.75, 3.05) is 6.61 Å². The normalized spacial score (nSPS) is 13.6. The number of rotatable bonds is 5. The van der Waals surface area contributed by atoms with E-state index in [1.165, 1.54) is 51.4 Å². The Balaban J connectivity index is 1.73. The third-order valence-corrected chi connectivity index (χ3v) is 6.34. The van der Waals surface area contributed by atoms with Crippen molar-refractivity contribution in [3.05, 3.63) is 67.7 Å². The molecule has 0 amide bonds. The van der Waals surface area contributed by atoms with Gasteiger partial charge in [0.1, 0.15) is 10.8 Å².